The maximum atomic E-state index is 11.8. The average Bonchev–Trinajstić information content (AvgIpc) is 2.79. The zero-order chi connectivity index (χ0) is 15.6. The number of halogens is 1. The molecule has 2 aromatic rings. The van der Waals surface area contributed by atoms with Gasteiger partial charge in [0, 0.05) is 5.02 Å². The third-order valence-electron chi connectivity index (χ3n) is 3.31. The van der Waals surface area contributed by atoms with Crippen molar-refractivity contribution in [2.75, 3.05) is 0 Å². The Bertz CT molecular complexity index is 754. The molecule has 2 N–H and O–H groups in total. The van der Waals surface area contributed by atoms with Crippen molar-refractivity contribution in [2.24, 2.45) is 5.14 Å². The lowest BCUT2D eigenvalue weighted by Gasteiger charge is -2.08. The van der Waals surface area contributed by atoms with E-state index in [-0.39, 0.29) is 4.90 Å². The number of sulfonamides is 1. The number of hydrogen-bond acceptors (Lipinski definition) is 3. The fourth-order valence-electron chi connectivity index (χ4n) is 2.36. The summed E-state index contributed by atoms with van der Waals surface area (Å²) in [6.07, 6.45) is 1.04. The quantitative estimate of drug-likeness (QED) is 0.915. The molecular weight excluding hydrogens is 310 g/mol. The molecule has 0 fully saturated rings. The van der Waals surface area contributed by atoms with Crippen LogP contribution in [0.5, 0.6) is 0 Å². The summed E-state index contributed by atoms with van der Waals surface area (Å²) in [5.74, 6) is 0. The van der Waals surface area contributed by atoms with Crippen LogP contribution in [0.3, 0.4) is 0 Å². The summed E-state index contributed by atoms with van der Waals surface area (Å²) in [4.78, 5) is 0.152. The zero-order valence-electron chi connectivity index (χ0n) is 12.0. The van der Waals surface area contributed by atoms with Gasteiger partial charge in [-0.25, -0.2) is 13.6 Å². The number of aryl methyl sites for hydroxylation is 1. The predicted octanol–water partition coefficient (Wildman–Crippen LogP) is 2.36. The minimum atomic E-state index is -3.79. The number of aromatic nitrogens is 2. The van der Waals surface area contributed by atoms with Crippen LogP contribution >= 0.6 is 11.6 Å². The van der Waals surface area contributed by atoms with Crippen molar-refractivity contribution < 1.29 is 8.42 Å². The molecule has 0 saturated heterocycles. The Morgan fingerprint density at radius 1 is 1.24 bits per heavy atom. The van der Waals surface area contributed by atoms with Crippen LogP contribution in [0.1, 0.15) is 30.8 Å². The van der Waals surface area contributed by atoms with Crippen LogP contribution in [0.4, 0.5) is 0 Å². The van der Waals surface area contributed by atoms with Crippen LogP contribution in [0.15, 0.2) is 29.2 Å². The normalized spacial score (nSPS) is 11.8. The molecule has 0 bridgehead atoms. The maximum Gasteiger partial charge on any atom is 0.241 e. The van der Waals surface area contributed by atoms with Crippen molar-refractivity contribution in [1.82, 2.24) is 9.78 Å². The minimum Gasteiger partial charge on any atom is -0.263 e. The molecule has 0 aliphatic rings. The van der Waals surface area contributed by atoms with Gasteiger partial charge in [-0.15, -0.1) is 0 Å². The number of nitrogens with zero attached hydrogens (tertiary/aromatic N) is 2. The van der Waals surface area contributed by atoms with Gasteiger partial charge in [0.1, 0.15) is 4.90 Å². The van der Waals surface area contributed by atoms with E-state index < -0.39 is 10.0 Å². The lowest BCUT2D eigenvalue weighted by Crippen LogP contribution is -2.16. The largest absolute Gasteiger partial charge is 0.263 e. The molecule has 1 heterocycles. The second-order valence-electron chi connectivity index (χ2n) is 4.72. The molecule has 1 aromatic heterocycles. The van der Waals surface area contributed by atoms with Crippen LogP contribution in [-0.4, -0.2) is 18.2 Å². The van der Waals surface area contributed by atoms with Crippen molar-refractivity contribution >= 4 is 21.6 Å². The topological polar surface area (TPSA) is 78.0 Å². The number of primary sulfonamides is 1. The highest BCUT2D eigenvalue weighted by Gasteiger charge is 2.24. The highest BCUT2D eigenvalue weighted by atomic mass is 35.5. The zero-order valence-corrected chi connectivity index (χ0v) is 13.6. The molecule has 0 spiro atoms. The lowest BCUT2D eigenvalue weighted by molar-refractivity contribution is 0.594. The van der Waals surface area contributed by atoms with Crippen LogP contribution in [0.25, 0.3) is 0 Å². The van der Waals surface area contributed by atoms with Crippen LogP contribution in [0.2, 0.25) is 5.02 Å². The molecular formula is C14H18ClN3O2S. The van der Waals surface area contributed by atoms with Crippen LogP contribution in [-0.2, 0) is 29.4 Å². The van der Waals surface area contributed by atoms with Gasteiger partial charge in [-0.2, -0.15) is 5.10 Å². The smallest absolute Gasteiger partial charge is 0.241 e. The Morgan fingerprint density at radius 3 is 2.43 bits per heavy atom. The van der Waals surface area contributed by atoms with E-state index in [1.54, 1.807) is 10.7 Å². The van der Waals surface area contributed by atoms with E-state index in [2.05, 4.69) is 5.10 Å². The Kier molecular flexibility index (Phi) is 4.70. The molecule has 5 nitrogen and oxygen atoms in total. The molecule has 0 saturated carbocycles. The first kappa shape index (κ1) is 16.0. The highest BCUT2D eigenvalue weighted by Crippen LogP contribution is 2.23. The van der Waals surface area contributed by atoms with Gasteiger partial charge in [0.15, 0.2) is 0 Å². The minimum absolute atomic E-state index is 0.152. The standard InChI is InChI=1S/C14H18ClN3O2S/c1-3-12-14(21(16,19)20)13(4-2)18(17-12)9-10-7-5-6-8-11(10)15/h5-8H,3-4,9H2,1-2H3,(H2,16,19,20). The summed E-state index contributed by atoms with van der Waals surface area (Å²) in [5, 5.41) is 10.4. The SMILES string of the molecule is CCc1nn(Cc2ccccc2Cl)c(CC)c1S(N)(=O)=O. The van der Waals surface area contributed by atoms with Crippen molar-refractivity contribution in [2.45, 2.75) is 38.1 Å². The summed E-state index contributed by atoms with van der Waals surface area (Å²) in [5.41, 5.74) is 2.01. The van der Waals surface area contributed by atoms with E-state index in [9.17, 15) is 8.42 Å². The van der Waals surface area contributed by atoms with E-state index in [4.69, 9.17) is 16.7 Å². The number of rotatable bonds is 5. The molecule has 21 heavy (non-hydrogen) atoms. The second kappa shape index (κ2) is 6.17. The summed E-state index contributed by atoms with van der Waals surface area (Å²) in [7, 11) is -3.79. The summed E-state index contributed by atoms with van der Waals surface area (Å²) >= 11 is 6.16. The average molecular weight is 328 g/mol. The lowest BCUT2D eigenvalue weighted by atomic mass is 10.2. The van der Waals surface area contributed by atoms with Gasteiger partial charge in [-0.05, 0) is 24.5 Å². The van der Waals surface area contributed by atoms with Crippen LogP contribution in [0, 0.1) is 0 Å². The molecule has 0 aliphatic heterocycles. The van der Waals surface area contributed by atoms with Gasteiger partial charge in [0.25, 0.3) is 0 Å². The molecule has 2 rings (SSSR count). The van der Waals surface area contributed by atoms with E-state index in [0.29, 0.717) is 35.8 Å². The van der Waals surface area contributed by atoms with Gasteiger partial charge in [-0.3, -0.25) is 4.68 Å². The Hall–Kier alpha value is -1.37. The van der Waals surface area contributed by atoms with Crippen molar-refractivity contribution in [3.05, 3.63) is 46.2 Å². The summed E-state index contributed by atoms with van der Waals surface area (Å²) < 4.78 is 25.3. The van der Waals surface area contributed by atoms with Crippen LogP contribution < -0.4 is 5.14 Å². The Labute approximate surface area is 129 Å². The molecule has 7 heteroatoms. The van der Waals surface area contributed by atoms with Gasteiger partial charge >= 0.3 is 0 Å². The van der Waals surface area contributed by atoms with E-state index >= 15 is 0 Å². The molecule has 0 radical (unpaired) electrons. The third kappa shape index (κ3) is 3.28. The fraction of sp³-hybridized carbons (Fsp3) is 0.357. The summed E-state index contributed by atoms with van der Waals surface area (Å²) in [6, 6.07) is 7.43. The third-order valence-corrected chi connectivity index (χ3v) is 4.72. The van der Waals surface area contributed by atoms with E-state index in [1.807, 2.05) is 32.0 Å². The first-order valence-corrected chi connectivity index (χ1v) is 8.65. The number of hydrogen-bond donors (Lipinski definition) is 1. The first-order chi connectivity index (χ1) is 9.88. The number of benzene rings is 1. The van der Waals surface area contributed by atoms with Crippen molar-refractivity contribution in [3.63, 3.8) is 0 Å². The molecule has 0 atom stereocenters. The van der Waals surface area contributed by atoms with Gasteiger partial charge in [0.2, 0.25) is 10.0 Å². The molecule has 0 aliphatic carbocycles. The fourth-order valence-corrected chi connectivity index (χ4v) is 3.64. The maximum absolute atomic E-state index is 11.8. The van der Waals surface area contributed by atoms with E-state index in [1.165, 1.54) is 0 Å². The molecule has 0 amide bonds. The van der Waals surface area contributed by atoms with E-state index in [0.717, 1.165) is 5.56 Å². The number of nitrogens with two attached hydrogens (primary N) is 1. The second-order valence-corrected chi connectivity index (χ2v) is 6.63. The molecule has 114 valence electrons. The van der Waals surface area contributed by atoms with Crippen molar-refractivity contribution in [3.8, 4) is 0 Å². The van der Waals surface area contributed by atoms with Gasteiger partial charge < -0.3 is 0 Å². The van der Waals surface area contributed by atoms with Crippen molar-refractivity contribution in [1.29, 1.82) is 0 Å². The van der Waals surface area contributed by atoms with Gasteiger partial charge in [0.05, 0.1) is 17.9 Å². The Balaban J connectivity index is 2.55. The Morgan fingerprint density at radius 2 is 1.90 bits per heavy atom. The highest BCUT2D eigenvalue weighted by molar-refractivity contribution is 7.89. The summed E-state index contributed by atoms with van der Waals surface area (Å²) in [6.45, 7) is 4.16. The first-order valence-electron chi connectivity index (χ1n) is 6.73. The molecule has 1 aromatic carbocycles. The monoisotopic (exact) mass is 327 g/mol. The van der Waals surface area contributed by atoms with Gasteiger partial charge in [-0.1, -0.05) is 43.6 Å². The molecule has 0 unspecified atom stereocenters. The predicted molar refractivity (Wildman–Crippen MR) is 82.9 cm³/mol.